The molecule has 1 aromatic rings. The number of carbonyl (C=O) groups excluding carboxylic acids is 2. The second-order valence-electron chi connectivity index (χ2n) is 5.44. The average molecular weight is 246 g/mol. The number of ether oxygens (including phenoxy) is 1. The molecule has 0 heterocycles. The third-order valence-electron chi connectivity index (χ3n) is 3.69. The number of ketones is 1. The Kier molecular flexibility index (Phi) is 3.01. The summed E-state index contributed by atoms with van der Waals surface area (Å²) in [6, 6.07) is 4.02. The van der Waals surface area contributed by atoms with E-state index >= 15 is 0 Å². The molecular weight excluding hydrogens is 228 g/mol. The fraction of sp³-hybridized carbons (Fsp3) is 0.467. The van der Waals surface area contributed by atoms with Crippen LogP contribution < -0.4 is 0 Å². The Labute approximate surface area is 107 Å². The van der Waals surface area contributed by atoms with Crippen LogP contribution in [0.5, 0.6) is 0 Å². The van der Waals surface area contributed by atoms with Crippen molar-refractivity contribution in [3.8, 4) is 0 Å². The number of hydrogen-bond acceptors (Lipinski definition) is 3. The van der Waals surface area contributed by atoms with Gasteiger partial charge in [0.15, 0.2) is 5.78 Å². The number of fused-ring (bicyclic) bond motifs is 1. The first-order valence-corrected chi connectivity index (χ1v) is 6.12. The summed E-state index contributed by atoms with van der Waals surface area (Å²) < 4.78 is 5.03. The third-order valence-corrected chi connectivity index (χ3v) is 3.69. The maximum absolute atomic E-state index is 12.4. The van der Waals surface area contributed by atoms with Crippen molar-refractivity contribution >= 4 is 11.8 Å². The molecule has 0 fully saturated rings. The summed E-state index contributed by atoms with van der Waals surface area (Å²) in [7, 11) is 0. The molecule has 1 unspecified atom stereocenters. The first-order chi connectivity index (χ1) is 8.33. The van der Waals surface area contributed by atoms with Gasteiger partial charge in [0, 0.05) is 12.5 Å². The molecule has 0 radical (unpaired) electrons. The van der Waals surface area contributed by atoms with Crippen LogP contribution in [0.2, 0.25) is 0 Å². The highest BCUT2D eigenvalue weighted by molar-refractivity contribution is 6.05. The van der Waals surface area contributed by atoms with Gasteiger partial charge in [0.05, 0.1) is 5.41 Å². The largest absolute Gasteiger partial charge is 0.465 e. The van der Waals surface area contributed by atoms with E-state index in [9.17, 15) is 9.59 Å². The molecule has 96 valence electrons. The summed E-state index contributed by atoms with van der Waals surface area (Å²) in [4.78, 5) is 23.3. The van der Waals surface area contributed by atoms with Gasteiger partial charge >= 0.3 is 5.97 Å². The van der Waals surface area contributed by atoms with Crippen LogP contribution in [0.3, 0.4) is 0 Å². The molecule has 0 saturated heterocycles. The second-order valence-corrected chi connectivity index (χ2v) is 5.44. The average Bonchev–Trinajstić information content (AvgIpc) is 2.52. The first kappa shape index (κ1) is 12.8. The third kappa shape index (κ3) is 2.05. The molecular formula is C15H18O3. The summed E-state index contributed by atoms with van der Waals surface area (Å²) in [6.45, 7) is 7.44. The Morgan fingerprint density at radius 3 is 2.56 bits per heavy atom. The van der Waals surface area contributed by atoms with Crippen LogP contribution in [-0.4, -0.2) is 18.4 Å². The quantitative estimate of drug-likeness (QED) is 0.753. The standard InChI is InChI=1S/C15H18O3/c1-9-5-12-7-15(4,8-18-11(3)16)14(17)13(12)6-10(9)2/h5-6H,7-8H2,1-4H3. The lowest BCUT2D eigenvalue weighted by molar-refractivity contribution is -0.143. The topological polar surface area (TPSA) is 43.4 Å². The summed E-state index contributed by atoms with van der Waals surface area (Å²) >= 11 is 0. The summed E-state index contributed by atoms with van der Waals surface area (Å²) in [6.07, 6.45) is 0.648. The Hall–Kier alpha value is -1.64. The zero-order valence-electron chi connectivity index (χ0n) is 11.3. The molecule has 0 amide bonds. The van der Waals surface area contributed by atoms with E-state index in [0.29, 0.717) is 6.42 Å². The van der Waals surface area contributed by atoms with Crippen molar-refractivity contribution in [3.05, 3.63) is 34.4 Å². The number of benzene rings is 1. The van der Waals surface area contributed by atoms with Crippen LogP contribution in [0, 0.1) is 19.3 Å². The van der Waals surface area contributed by atoms with Gasteiger partial charge in [0.2, 0.25) is 0 Å². The lowest BCUT2D eigenvalue weighted by Gasteiger charge is -2.20. The van der Waals surface area contributed by atoms with Gasteiger partial charge in [-0.15, -0.1) is 0 Å². The van der Waals surface area contributed by atoms with Crippen LogP contribution in [0.4, 0.5) is 0 Å². The molecule has 1 aliphatic rings. The van der Waals surface area contributed by atoms with Gasteiger partial charge in [0.25, 0.3) is 0 Å². The van der Waals surface area contributed by atoms with E-state index in [0.717, 1.165) is 16.7 Å². The molecule has 2 rings (SSSR count). The number of aryl methyl sites for hydroxylation is 2. The molecule has 0 N–H and O–H groups in total. The van der Waals surface area contributed by atoms with Crippen molar-refractivity contribution in [1.82, 2.24) is 0 Å². The van der Waals surface area contributed by atoms with Crippen molar-refractivity contribution < 1.29 is 14.3 Å². The summed E-state index contributed by atoms with van der Waals surface area (Å²) in [5, 5.41) is 0. The van der Waals surface area contributed by atoms with Crippen LogP contribution in [0.25, 0.3) is 0 Å². The molecule has 18 heavy (non-hydrogen) atoms. The smallest absolute Gasteiger partial charge is 0.302 e. The van der Waals surface area contributed by atoms with Crippen molar-refractivity contribution in [2.45, 2.75) is 34.1 Å². The Morgan fingerprint density at radius 1 is 1.33 bits per heavy atom. The minimum Gasteiger partial charge on any atom is -0.465 e. The van der Waals surface area contributed by atoms with Crippen molar-refractivity contribution in [2.75, 3.05) is 6.61 Å². The van der Waals surface area contributed by atoms with Crippen molar-refractivity contribution in [1.29, 1.82) is 0 Å². The van der Waals surface area contributed by atoms with E-state index in [4.69, 9.17) is 4.74 Å². The maximum Gasteiger partial charge on any atom is 0.302 e. The van der Waals surface area contributed by atoms with Gasteiger partial charge in [0.1, 0.15) is 6.61 Å². The first-order valence-electron chi connectivity index (χ1n) is 6.12. The Morgan fingerprint density at radius 2 is 1.94 bits per heavy atom. The minimum absolute atomic E-state index is 0.0850. The van der Waals surface area contributed by atoms with Gasteiger partial charge in [-0.1, -0.05) is 6.07 Å². The lowest BCUT2D eigenvalue weighted by Crippen LogP contribution is -2.30. The van der Waals surface area contributed by atoms with Crippen LogP contribution in [-0.2, 0) is 16.0 Å². The predicted molar refractivity (Wildman–Crippen MR) is 68.7 cm³/mol. The maximum atomic E-state index is 12.4. The van der Waals surface area contributed by atoms with Crippen molar-refractivity contribution in [2.24, 2.45) is 5.41 Å². The molecule has 3 nitrogen and oxygen atoms in total. The summed E-state index contributed by atoms with van der Waals surface area (Å²) in [5.74, 6) is -0.255. The molecule has 0 saturated carbocycles. The number of esters is 1. The van der Waals surface area contributed by atoms with Gasteiger partial charge in [-0.25, -0.2) is 0 Å². The molecule has 0 aliphatic heterocycles. The van der Waals surface area contributed by atoms with E-state index in [1.807, 2.05) is 26.8 Å². The molecule has 3 heteroatoms. The van der Waals surface area contributed by atoms with Crippen LogP contribution >= 0.6 is 0 Å². The fourth-order valence-electron chi connectivity index (χ4n) is 2.44. The molecule has 0 bridgehead atoms. The van der Waals surface area contributed by atoms with E-state index in [1.165, 1.54) is 12.5 Å². The SMILES string of the molecule is CC(=O)OCC1(C)Cc2cc(C)c(C)cc2C1=O. The predicted octanol–water partition coefficient (Wildman–Crippen LogP) is 2.61. The fourth-order valence-corrected chi connectivity index (χ4v) is 2.44. The summed E-state index contributed by atoms with van der Waals surface area (Å²) in [5.41, 5.74) is 3.57. The Balaban J connectivity index is 2.32. The van der Waals surface area contributed by atoms with Gasteiger partial charge < -0.3 is 4.74 Å². The zero-order valence-corrected chi connectivity index (χ0v) is 11.3. The van der Waals surface area contributed by atoms with E-state index in [2.05, 4.69) is 6.07 Å². The van der Waals surface area contributed by atoms with Crippen LogP contribution in [0.1, 0.15) is 40.9 Å². The van der Waals surface area contributed by atoms with Crippen LogP contribution in [0.15, 0.2) is 12.1 Å². The molecule has 1 aliphatic carbocycles. The van der Waals surface area contributed by atoms with E-state index in [-0.39, 0.29) is 18.4 Å². The number of Topliss-reactive ketones (excluding diaryl/α,β-unsaturated/α-hetero) is 1. The zero-order chi connectivity index (χ0) is 13.5. The number of carbonyl (C=O) groups is 2. The number of rotatable bonds is 2. The normalized spacial score (nSPS) is 21.9. The highest BCUT2D eigenvalue weighted by atomic mass is 16.5. The highest BCUT2D eigenvalue weighted by Gasteiger charge is 2.42. The van der Waals surface area contributed by atoms with E-state index in [1.54, 1.807) is 0 Å². The minimum atomic E-state index is -0.603. The van der Waals surface area contributed by atoms with E-state index < -0.39 is 5.41 Å². The monoisotopic (exact) mass is 246 g/mol. The van der Waals surface area contributed by atoms with Crippen molar-refractivity contribution in [3.63, 3.8) is 0 Å². The number of hydrogen-bond donors (Lipinski definition) is 0. The van der Waals surface area contributed by atoms with Gasteiger partial charge in [-0.05, 0) is 49.9 Å². The molecule has 1 atom stereocenters. The molecule has 1 aromatic carbocycles. The lowest BCUT2D eigenvalue weighted by atomic mass is 9.87. The van der Waals surface area contributed by atoms with Gasteiger partial charge in [-0.3, -0.25) is 9.59 Å². The second kappa shape index (κ2) is 4.23. The molecule has 0 spiro atoms. The molecule has 0 aromatic heterocycles. The highest BCUT2D eigenvalue weighted by Crippen LogP contribution is 2.38. The Bertz CT molecular complexity index is 531. The van der Waals surface area contributed by atoms with Gasteiger partial charge in [-0.2, -0.15) is 0 Å².